The van der Waals surface area contributed by atoms with Crippen molar-refractivity contribution in [2.75, 3.05) is 5.75 Å². The van der Waals surface area contributed by atoms with E-state index < -0.39 is 0 Å². The molecule has 4 rings (SSSR count). The van der Waals surface area contributed by atoms with Crippen LogP contribution in [0.25, 0.3) is 6.08 Å². The van der Waals surface area contributed by atoms with Crippen LogP contribution in [0.4, 0.5) is 0 Å². The van der Waals surface area contributed by atoms with Crippen LogP contribution in [0.1, 0.15) is 56.3 Å². The Morgan fingerprint density at radius 3 is 2.78 bits per heavy atom. The molecular weight excluding hydrogens is 372 g/mol. The quantitative estimate of drug-likeness (QED) is 0.486. The second-order valence-corrected chi connectivity index (χ2v) is 9.83. The van der Waals surface area contributed by atoms with Crippen LogP contribution in [0.2, 0.25) is 0 Å². The molecule has 5 heteroatoms. The molecule has 1 unspecified atom stereocenters. The number of thioether (sulfide) groups is 2. The summed E-state index contributed by atoms with van der Waals surface area (Å²) in [5.74, 6) is 0.829. The molecule has 1 aliphatic heterocycles. The Bertz CT molecular complexity index is 870. The monoisotopic (exact) mass is 398 g/mol. The van der Waals surface area contributed by atoms with Gasteiger partial charge < -0.3 is 0 Å². The number of rotatable bonds is 5. The van der Waals surface area contributed by atoms with Crippen molar-refractivity contribution in [3.8, 4) is 0 Å². The molecular formula is C22H26N2OS2. The van der Waals surface area contributed by atoms with Gasteiger partial charge in [0.2, 0.25) is 0 Å². The number of nitrogens with zero attached hydrogens (tertiary/aromatic N) is 2. The molecule has 1 aliphatic carbocycles. The van der Waals surface area contributed by atoms with Crippen LogP contribution in [0.15, 0.2) is 51.3 Å². The second kappa shape index (κ2) is 8.70. The molecule has 1 aromatic heterocycles. The van der Waals surface area contributed by atoms with Gasteiger partial charge in [0.15, 0.2) is 5.16 Å². The fraction of sp³-hybridized carbons (Fsp3) is 0.455. The summed E-state index contributed by atoms with van der Waals surface area (Å²) < 4.78 is 2.03. The van der Waals surface area contributed by atoms with Crippen LogP contribution in [0, 0.1) is 0 Å². The number of benzene rings is 1. The zero-order valence-electron chi connectivity index (χ0n) is 15.8. The fourth-order valence-electron chi connectivity index (χ4n) is 3.95. The van der Waals surface area contributed by atoms with Gasteiger partial charge in [-0.1, -0.05) is 80.4 Å². The van der Waals surface area contributed by atoms with Crippen LogP contribution in [0.3, 0.4) is 0 Å². The molecule has 1 saturated carbocycles. The first kappa shape index (κ1) is 18.9. The highest BCUT2D eigenvalue weighted by Gasteiger charge is 2.29. The standard InChI is InChI=1S/C22H26N2OS2/c1-16-15-19-20(27-16)21(25)24(18-12-6-3-7-13-18)22(23-19)26-14-8-11-17-9-4-2-5-10-17/h2,4-5,8-11,16,18H,3,6-7,12-15H2,1H3. The highest BCUT2D eigenvalue weighted by Crippen LogP contribution is 2.37. The number of aromatic nitrogens is 2. The predicted octanol–water partition coefficient (Wildman–Crippen LogP) is 5.59. The van der Waals surface area contributed by atoms with E-state index in [0.717, 1.165) is 40.8 Å². The van der Waals surface area contributed by atoms with Crippen LogP contribution in [-0.2, 0) is 6.42 Å². The largest absolute Gasteiger partial charge is 0.284 e. The van der Waals surface area contributed by atoms with Crippen molar-refractivity contribution < 1.29 is 0 Å². The Hall–Kier alpha value is -1.46. The minimum absolute atomic E-state index is 0.204. The van der Waals surface area contributed by atoms with Crippen LogP contribution in [0.5, 0.6) is 0 Å². The van der Waals surface area contributed by atoms with Gasteiger partial charge in [0, 0.05) is 23.5 Å². The SMILES string of the molecule is CC1Cc2nc(SCC=Cc3ccccc3)n(C3CCCCC3)c(=O)c2S1. The van der Waals surface area contributed by atoms with E-state index in [1.54, 1.807) is 23.5 Å². The summed E-state index contributed by atoms with van der Waals surface area (Å²) in [6, 6.07) is 10.7. The average molecular weight is 399 g/mol. The molecule has 0 bridgehead atoms. The Morgan fingerprint density at radius 1 is 1.22 bits per heavy atom. The molecule has 0 radical (unpaired) electrons. The van der Waals surface area contributed by atoms with Crippen LogP contribution in [-0.4, -0.2) is 20.6 Å². The molecule has 1 atom stereocenters. The van der Waals surface area contributed by atoms with E-state index in [1.165, 1.54) is 24.8 Å². The van der Waals surface area contributed by atoms with Crippen molar-refractivity contribution in [2.24, 2.45) is 0 Å². The first-order valence-corrected chi connectivity index (χ1v) is 11.8. The fourth-order valence-corrected chi connectivity index (χ4v) is 5.94. The first-order chi connectivity index (χ1) is 13.2. The number of fused-ring (bicyclic) bond motifs is 1. The molecule has 27 heavy (non-hydrogen) atoms. The van der Waals surface area contributed by atoms with Gasteiger partial charge in [-0.3, -0.25) is 9.36 Å². The third-order valence-corrected chi connectivity index (χ3v) is 7.39. The van der Waals surface area contributed by atoms with E-state index in [2.05, 4.69) is 43.3 Å². The lowest BCUT2D eigenvalue weighted by molar-refractivity contribution is 0.320. The molecule has 2 aliphatic rings. The molecule has 0 N–H and O–H groups in total. The Labute approximate surface area is 169 Å². The molecule has 0 spiro atoms. The molecule has 3 nitrogen and oxygen atoms in total. The van der Waals surface area contributed by atoms with E-state index >= 15 is 0 Å². The topological polar surface area (TPSA) is 34.9 Å². The smallest absolute Gasteiger partial charge is 0.268 e. The minimum Gasteiger partial charge on any atom is -0.284 e. The van der Waals surface area contributed by atoms with Gasteiger partial charge in [-0.2, -0.15) is 0 Å². The maximum absolute atomic E-state index is 13.3. The minimum atomic E-state index is 0.204. The van der Waals surface area contributed by atoms with E-state index in [4.69, 9.17) is 4.98 Å². The molecule has 0 saturated heterocycles. The van der Waals surface area contributed by atoms with Crippen molar-refractivity contribution >= 4 is 29.6 Å². The van der Waals surface area contributed by atoms with Crippen LogP contribution >= 0.6 is 23.5 Å². The Kier molecular flexibility index (Phi) is 6.08. The average Bonchev–Trinajstić information content (AvgIpc) is 3.07. The van der Waals surface area contributed by atoms with Crippen molar-refractivity contribution in [1.82, 2.24) is 9.55 Å². The van der Waals surface area contributed by atoms with Gasteiger partial charge in [0.05, 0.1) is 10.6 Å². The third kappa shape index (κ3) is 4.35. The molecule has 142 valence electrons. The Morgan fingerprint density at radius 2 is 2.00 bits per heavy atom. The maximum Gasteiger partial charge on any atom is 0.268 e. The molecule has 1 aromatic carbocycles. The van der Waals surface area contributed by atoms with Crippen molar-refractivity contribution in [3.05, 3.63) is 58.0 Å². The van der Waals surface area contributed by atoms with Crippen molar-refractivity contribution in [1.29, 1.82) is 0 Å². The Balaban J connectivity index is 1.58. The molecule has 2 heterocycles. The number of hydrogen-bond donors (Lipinski definition) is 0. The van der Waals surface area contributed by atoms with Gasteiger partial charge in [-0.15, -0.1) is 11.8 Å². The first-order valence-electron chi connectivity index (χ1n) is 9.89. The van der Waals surface area contributed by atoms with Crippen molar-refractivity contribution in [2.45, 2.75) is 66.8 Å². The maximum atomic E-state index is 13.3. The van der Waals surface area contributed by atoms with Gasteiger partial charge in [0.1, 0.15) is 0 Å². The molecule has 2 aromatic rings. The summed E-state index contributed by atoms with van der Waals surface area (Å²) in [6.45, 7) is 2.19. The lowest BCUT2D eigenvalue weighted by atomic mass is 9.95. The molecule has 0 amide bonds. The van der Waals surface area contributed by atoms with Gasteiger partial charge >= 0.3 is 0 Å². The summed E-state index contributed by atoms with van der Waals surface area (Å²) in [5.41, 5.74) is 2.42. The lowest BCUT2D eigenvalue weighted by Crippen LogP contribution is -2.30. The molecule has 1 fully saturated rings. The lowest BCUT2D eigenvalue weighted by Gasteiger charge is -2.26. The zero-order valence-corrected chi connectivity index (χ0v) is 17.4. The summed E-state index contributed by atoms with van der Waals surface area (Å²) >= 11 is 3.41. The summed E-state index contributed by atoms with van der Waals surface area (Å²) in [6.07, 6.45) is 11.2. The van der Waals surface area contributed by atoms with E-state index in [0.29, 0.717) is 11.3 Å². The number of hydrogen-bond acceptors (Lipinski definition) is 4. The summed E-state index contributed by atoms with van der Waals surface area (Å²) in [4.78, 5) is 19.1. The van der Waals surface area contributed by atoms with E-state index in [1.807, 2.05) is 10.6 Å². The van der Waals surface area contributed by atoms with Crippen molar-refractivity contribution in [3.63, 3.8) is 0 Å². The van der Waals surface area contributed by atoms with Gasteiger partial charge in [-0.25, -0.2) is 4.98 Å². The highest BCUT2D eigenvalue weighted by molar-refractivity contribution is 8.00. The highest BCUT2D eigenvalue weighted by atomic mass is 32.2. The van der Waals surface area contributed by atoms with Crippen LogP contribution < -0.4 is 5.56 Å². The van der Waals surface area contributed by atoms with E-state index in [-0.39, 0.29) is 5.56 Å². The second-order valence-electron chi connectivity index (χ2n) is 7.39. The third-order valence-electron chi connectivity index (χ3n) is 5.27. The summed E-state index contributed by atoms with van der Waals surface area (Å²) in [5, 5.41) is 1.37. The van der Waals surface area contributed by atoms with Gasteiger partial charge in [0.25, 0.3) is 5.56 Å². The van der Waals surface area contributed by atoms with E-state index in [9.17, 15) is 4.79 Å². The summed E-state index contributed by atoms with van der Waals surface area (Å²) in [7, 11) is 0. The predicted molar refractivity (Wildman–Crippen MR) is 116 cm³/mol. The normalized spacial score (nSPS) is 20.3. The van der Waals surface area contributed by atoms with Gasteiger partial charge in [-0.05, 0) is 18.4 Å². The zero-order chi connectivity index (χ0) is 18.6.